The predicted molar refractivity (Wildman–Crippen MR) is 41.8 cm³/mol. The summed E-state index contributed by atoms with van der Waals surface area (Å²) in [7, 11) is -2.86. The molecule has 15 heavy (non-hydrogen) atoms. The van der Waals surface area contributed by atoms with Crippen molar-refractivity contribution in [2.24, 2.45) is 7.05 Å². The molecule has 0 aromatic carbocycles. The van der Waals surface area contributed by atoms with Crippen LogP contribution in [0.3, 0.4) is 0 Å². The van der Waals surface area contributed by atoms with E-state index >= 15 is 0 Å². The summed E-state index contributed by atoms with van der Waals surface area (Å²) in [5.41, 5.74) is 3.98. The molecule has 0 atom stereocenters. The zero-order valence-electron chi connectivity index (χ0n) is 9.11. The molecule has 0 spiro atoms. The summed E-state index contributed by atoms with van der Waals surface area (Å²) >= 11 is 0. The number of pyridine rings is 1. The van der Waals surface area contributed by atoms with Crippen molar-refractivity contribution in [1.29, 1.82) is 0 Å². The summed E-state index contributed by atoms with van der Waals surface area (Å²) in [6.07, 6.45) is 0. The maximum Gasteiger partial charge on any atom is 0.178 e. The third-order valence-corrected chi connectivity index (χ3v) is 1.93. The molecule has 0 unspecified atom stereocenters. The first-order valence-corrected chi connectivity index (χ1v) is 5.40. The van der Waals surface area contributed by atoms with Crippen LogP contribution < -0.4 is 23.2 Å². The van der Waals surface area contributed by atoms with E-state index in [9.17, 15) is 0 Å². The molecular formula is C9H14ClNO4. The monoisotopic (exact) mass is 235 g/mol. The maximum atomic E-state index is 8.49. The second-order valence-corrected chi connectivity index (χ2v) is 4.01. The highest BCUT2D eigenvalue weighted by Gasteiger charge is 2.03. The predicted octanol–water partition coefficient (Wildman–Crippen LogP) is -3.32. The highest BCUT2D eigenvalue weighted by Crippen LogP contribution is 1.99. The largest absolute Gasteiger partial charge is 0.222 e. The minimum absolute atomic E-state index is 1.32. The molecule has 0 fully saturated rings. The molecule has 86 valence electrons. The topological polar surface area (TPSA) is 96.1 Å². The van der Waals surface area contributed by atoms with E-state index in [2.05, 4.69) is 44.5 Å². The van der Waals surface area contributed by atoms with Gasteiger partial charge in [0.1, 0.15) is 7.05 Å². The van der Waals surface area contributed by atoms with E-state index in [1.54, 1.807) is 0 Å². The fraction of sp³-hybridized carbons (Fsp3) is 0.444. The molecule has 0 saturated heterocycles. The second kappa shape index (κ2) is 5.39. The number of hydrogen-bond donors (Lipinski definition) is 0. The lowest BCUT2D eigenvalue weighted by atomic mass is 10.2. The van der Waals surface area contributed by atoms with Crippen molar-refractivity contribution in [2.75, 3.05) is 0 Å². The SMILES string of the molecule is Cc1cc(C)[n+](C)c(C)c1.[O-][Cl+3]([O-])([O-])[O-]. The average molecular weight is 236 g/mol. The van der Waals surface area contributed by atoms with Crippen LogP contribution in [0.15, 0.2) is 12.1 Å². The van der Waals surface area contributed by atoms with Gasteiger partial charge in [-0.3, -0.25) is 0 Å². The van der Waals surface area contributed by atoms with Crippen LogP contribution in [0.25, 0.3) is 0 Å². The Morgan fingerprint density at radius 3 is 1.47 bits per heavy atom. The molecule has 0 aliphatic heterocycles. The van der Waals surface area contributed by atoms with Crippen LogP contribution in [-0.4, -0.2) is 0 Å². The molecule has 0 bridgehead atoms. The van der Waals surface area contributed by atoms with Gasteiger partial charge >= 0.3 is 0 Å². The van der Waals surface area contributed by atoms with Crippen LogP contribution in [-0.2, 0) is 7.05 Å². The quantitative estimate of drug-likeness (QED) is 0.440. The van der Waals surface area contributed by atoms with Crippen molar-refractivity contribution in [3.63, 3.8) is 0 Å². The lowest BCUT2D eigenvalue weighted by Crippen LogP contribution is -2.68. The molecular weight excluding hydrogens is 222 g/mol. The van der Waals surface area contributed by atoms with E-state index in [4.69, 9.17) is 18.6 Å². The zero-order valence-corrected chi connectivity index (χ0v) is 9.87. The smallest absolute Gasteiger partial charge is 0.178 e. The van der Waals surface area contributed by atoms with E-state index in [0.29, 0.717) is 0 Å². The van der Waals surface area contributed by atoms with Gasteiger partial charge in [0.2, 0.25) is 0 Å². The Kier molecular flexibility index (Phi) is 5.13. The number of hydrogen-bond acceptors (Lipinski definition) is 4. The first-order valence-electron chi connectivity index (χ1n) is 4.17. The summed E-state index contributed by atoms with van der Waals surface area (Å²) in [5.74, 6) is 0. The molecule has 0 aliphatic rings. The van der Waals surface area contributed by atoms with Gasteiger partial charge in [0.15, 0.2) is 11.4 Å². The number of aromatic nitrogens is 1. The summed E-state index contributed by atoms with van der Waals surface area (Å²) < 4.78 is 36.2. The van der Waals surface area contributed by atoms with Gasteiger partial charge in [-0.1, -0.05) is 0 Å². The van der Waals surface area contributed by atoms with Gasteiger partial charge in [-0.05, 0) is 12.5 Å². The molecule has 1 aromatic heterocycles. The van der Waals surface area contributed by atoms with E-state index in [1.807, 2.05) is 0 Å². The van der Waals surface area contributed by atoms with Crippen LogP contribution in [0.1, 0.15) is 17.0 Å². The van der Waals surface area contributed by atoms with Gasteiger partial charge in [0.25, 0.3) is 0 Å². The highest BCUT2D eigenvalue weighted by molar-refractivity contribution is 5.13. The molecule has 1 heterocycles. The molecule has 0 amide bonds. The van der Waals surface area contributed by atoms with Crippen molar-refractivity contribution in [2.45, 2.75) is 20.8 Å². The van der Waals surface area contributed by atoms with Crippen LogP contribution in [0.4, 0.5) is 0 Å². The van der Waals surface area contributed by atoms with E-state index in [-0.39, 0.29) is 0 Å². The molecule has 0 N–H and O–H groups in total. The van der Waals surface area contributed by atoms with Gasteiger partial charge in [-0.25, -0.2) is 23.2 Å². The molecule has 0 aliphatic carbocycles. The fourth-order valence-corrected chi connectivity index (χ4v) is 1.17. The van der Waals surface area contributed by atoms with Crippen LogP contribution in [0.5, 0.6) is 0 Å². The molecule has 1 aromatic rings. The summed E-state index contributed by atoms with van der Waals surface area (Å²) in [4.78, 5) is 0. The van der Waals surface area contributed by atoms with Gasteiger partial charge in [0, 0.05) is 26.0 Å². The molecule has 0 saturated carbocycles. The van der Waals surface area contributed by atoms with E-state index in [0.717, 1.165) is 0 Å². The fourth-order valence-electron chi connectivity index (χ4n) is 1.17. The van der Waals surface area contributed by atoms with Crippen molar-refractivity contribution < 1.29 is 33.4 Å². The van der Waals surface area contributed by atoms with Gasteiger partial charge < -0.3 is 0 Å². The summed E-state index contributed by atoms with van der Waals surface area (Å²) in [6, 6.07) is 4.38. The van der Waals surface area contributed by atoms with Gasteiger partial charge in [-0.2, -0.15) is 0 Å². The minimum Gasteiger partial charge on any atom is -0.222 e. The summed E-state index contributed by atoms with van der Waals surface area (Å²) in [6.45, 7) is 6.38. The zero-order chi connectivity index (χ0) is 12.2. The number of aryl methyl sites for hydroxylation is 3. The standard InChI is InChI=1S/C9H14N.ClHO4/c1-7-5-8(2)10(4)9(3)6-7;2-1(3,4)5/h5-6H,1-4H3;(H,2,3,4,5)/q+1;/p-1. The summed E-state index contributed by atoms with van der Waals surface area (Å²) in [5, 5.41) is 0. The normalized spacial score (nSPS) is 10.7. The Hall–Kier alpha value is -0.720. The molecule has 5 nitrogen and oxygen atoms in total. The van der Waals surface area contributed by atoms with Crippen molar-refractivity contribution in [1.82, 2.24) is 0 Å². The van der Waals surface area contributed by atoms with E-state index < -0.39 is 10.2 Å². The molecule has 6 heteroatoms. The Bertz CT molecular complexity index is 306. The second-order valence-electron chi connectivity index (χ2n) is 3.25. The molecule has 0 radical (unpaired) electrons. The number of nitrogens with zero attached hydrogens (tertiary/aromatic N) is 1. The van der Waals surface area contributed by atoms with Crippen LogP contribution in [0, 0.1) is 31.0 Å². The Morgan fingerprint density at radius 2 is 1.20 bits per heavy atom. The Labute approximate surface area is 91.0 Å². The number of halogens is 1. The number of rotatable bonds is 0. The third kappa shape index (κ3) is 7.24. The van der Waals surface area contributed by atoms with Gasteiger partial charge in [-0.15, -0.1) is 10.2 Å². The molecule has 1 rings (SSSR count). The van der Waals surface area contributed by atoms with Crippen LogP contribution >= 0.6 is 0 Å². The third-order valence-electron chi connectivity index (χ3n) is 1.93. The lowest BCUT2D eigenvalue weighted by molar-refractivity contribution is -2.00. The van der Waals surface area contributed by atoms with Gasteiger partial charge in [0.05, 0.1) is 0 Å². The first-order chi connectivity index (χ1) is 6.61. The Morgan fingerprint density at radius 1 is 0.933 bits per heavy atom. The Balaban J connectivity index is 0.000000336. The van der Waals surface area contributed by atoms with Crippen molar-refractivity contribution in [3.05, 3.63) is 29.1 Å². The van der Waals surface area contributed by atoms with Crippen molar-refractivity contribution in [3.8, 4) is 0 Å². The van der Waals surface area contributed by atoms with Crippen molar-refractivity contribution >= 4 is 0 Å². The first kappa shape index (κ1) is 14.3. The average Bonchev–Trinajstić information content (AvgIpc) is 1.96. The minimum atomic E-state index is -4.94. The maximum absolute atomic E-state index is 8.49. The van der Waals surface area contributed by atoms with E-state index in [1.165, 1.54) is 17.0 Å². The van der Waals surface area contributed by atoms with Crippen LogP contribution in [0.2, 0.25) is 0 Å². The lowest BCUT2D eigenvalue weighted by Gasteiger charge is -2.17. The highest BCUT2D eigenvalue weighted by atomic mass is 35.7.